The van der Waals surface area contributed by atoms with Crippen LogP contribution in [0.15, 0.2) is 18.2 Å². The van der Waals surface area contributed by atoms with E-state index >= 15 is 0 Å². The van der Waals surface area contributed by atoms with Crippen molar-refractivity contribution in [2.45, 2.75) is 19.9 Å². The molecule has 0 spiro atoms. The van der Waals surface area contributed by atoms with Crippen molar-refractivity contribution in [1.82, 2.24) is 9.80 Å². The Labute approximate surface area is 124 Å². The van der Waals surface area contributed by atoms with Crippen LogP contribution < -0.4 is 11.3 Å². The van der Waals surface area contributed by atoms with Gasteiger partial charge in [0, 0.05) is 38.8 Å². The highest BCUT2D eigenvalue weighted by Gasteiger charge is 2.20. The lowest BCUT2D eigenvalue weighted by Crippen LogP contribution is -2.46. The molecule has 0 unspecified atom stereocenters. The van der Waals surface area contributed by atoms with Crippen LogP contribution in [0.3, 0.4) is 0 Å². The number of hydrogen-bond acceptors (Lipinski definition) is 6. The van der Waals surface area contributed by atoms with Crippen LogP contribution in [0.2, 0.25) is 0 Å². The second-order valence-corrected chi connectivity index (χ2v) is 5.33. The number of hydrazine groups is 1. The lowest BCUT2D eigenvalue weighted by atomic mass is 10.1. The number of benzene rings is 1. The fraction of sp³-hybridized carbons (Fsp3) is 0.571. The molecule has 3 N–H and O–H groups in total. The van der Waals surface area contributed by atoms with Crippen LogP contribution in [-0.4, -0.2) is 47.4 Å². The molecule has 0 saturated carbocycles. The van der Waals surface area contributed by atoms with Crippen molar-refractivity contribution in [3.8, 4) is 0 Å². The minimum Gasteiger partial charge on any atom is -0.318 e. The number of nitro benzene ring substituents is 1. The van der Waals surface area contributed by atoms with E-state index in [0.717, 1.165) is 38.3 Å². The molecule has 116 valence electrons. The first-order valence-electron chi connectivity index (χ1n) is 7.33. The fourth-order valence-corrected chi connectivity index (χ4v) is 2.77. The third-order valence-corrected chi connectivity index (χ3v) is 3.87. The van der Waals surface area contributed by atoms with Crippen LogP contribution in [-0.2, 0) is 6.54 Å². The van der Waals surface area contributed by atoms with Crippen molar-refractivity contribution in [2.75, 3.05) is 38.1 Å². The quantitative estimate of drug-likeness (QED) is 0.468. The molecule has 0 amide bonds. The van der Waals surface area contributed by atoms with Gasteiger partial charge < -0.3 is 10.3 Å². The summed E-state index contributed by atoms with van der Waals surface area (Å²) < 4.78 is 0. The van der Waals surface area contributed by atoms with E-state index in [0.29, 0.717) is 12.2 Å². The molecule has 1 aliphatic rings. The molecular formula is C14H23N5O2. The van der Waals surface area contributed by atoms with Crippen LogP contribution in [0, 0.1) is 10.1 Å². The number of nitrogen functional groups attached to an aromatic ring is 1. The molecule has 1 aromatic rings. The number of anilines is 1. The van der Waals surface area contributed by atoms with E-state index in [4.69, 9.17) is 5.84 Å². The molecule has 21 heavy (non-hydrogen) atoms. The second kappa shape index (κ2) is 7.35. The van der Waals surface area contributed by atoms with Gasteiger partial charge in [0.05, 0.1) is 4.92 Å². The van der Waals surface area contributed by atoms with Crippen molar-refractivity contribution >= 4 is 11.4 Å². The topological polar surface area (TPSA) is 87.7 Å². The van der Waals surface area contributed by atoms with E-state index in [1.807, 2.05) is 6.07 Å². The summed E-state index contributed by atoms with van der Waals surface area (Å²) in [6.07, 6.45) is 1.17. The number of rotatable bonds is 6. The maximum atomic E-state index is 11.0. The summed E-state index contributed by atoms with van der Waals surface area (Å²) in [5.41, 5.74) is 3.80. The van der Waals surface area contributed by atoms with Crippen molar-refractivity contribution in [3.05, 3.63) is 33.9 Å². The minimum absolute atomic E-state index is 0.0274. The predicted molar refractivity (Wildman–Crippen MR) is 82.9 cm³/mol. The van der Waals surface area contributed by atoms with Gasteiger partial charge in [0.2, 0.25) is 0 Å². The zero-order chi connectivity index (χ0) is 15.2. The van der Waals surface area contributed by atoms with Gasteiger partial charge in [-0.1, -0.05) is 19.1 Å². The van der Waals surface area contributed by atoms with Gasteiger partial charge >= 0.3 is 0 Å². The average molecular weight is 293 g/mol. The summed E-state index contributed by atoms with van der Waals surface area (Å²) in [6, 6.07) is 5.07. The van der Waals surface area contributed by atoms with Crippen molar-refractivity contribution in [2.24, 2.45) is 5.84 Å². The Morgan fingerprint density at radius 1 is 1.29 bits per heavy atom. The second-order valence-electron chi connectivity index (χ2n) is 5.33. The van der Waals surface area contributed by atoms with E-state index in [1.165, 1.54) is 12.5 Å². The highest BCUT2D eigenvalue weighted by molar-refractivity contribution is 5.65. The molecule has 0 atom stereocenters. The van der Waals surface area contributed by atoms with E-state index in [9.17, 15) is 10.1 Å². The highest BCUT2D eigenvalue weighted by Crippen LogP contribution is 2.28. The first-order valence-corrected chi connectivity index (χ1v) is 7.33. The molecule has 0 radical (unpaired) electrons. The number of nitro groups is 1. The van der Waals surface area contributed by atoms with E-state index < -0.39 is 4.92 Å². The molecule has 1 aromatic carbocycles. The van der Waals surface area contributed by atoms with Gasteiger partial charge in [0.15, 0.2) is 0 Å². The van der Waals surface area contributed by atoms with Crippen molar-refractivity contribution in [3.63, 3.8) is 0 Å². The van der Waals surface area contributed by atoms with E-state index in [1.54, 1.807) is 6.07 Å². The summed E-state index contributed by atoms with van der Waals surface area (Å²) in [6.45, 7) is 8.07. The predicted octanol–water partition coefficient (Wildman–Crippen LogP) is 1.41. The third kappa shape index (κ3) is 3.90. The number of hydrogen-bond donors (Lipinski definition) is 2. The lowest BCUT2D eigenvalue weighted by Gasteiger charge is -2.34. The summed E-state index contributed by atoms with van der Waals surface area (Å²) in [4.78, 5) is 15.4. The third-order valence-electron chi connectivity index (χ3n) is 3.87. The van der Waals surface area contributed by atoms with Gasteiger partial charge in [-0.05, 0) is 18.5 Å². The van der Waals surface area contributed by atoms with Crippen LogP contribution in [0.5, 0.6) is 0 Å². The molecule has 2 rings (SSSR count). The van der Waals surface area contributed by atoms with Crippen molar-refractivity contribution < 1.29 is 4.92 Å². The zero-order valence-corrected chi connectivity index (χ0v) is 12.4. The molecular weight excluding hydrogens is 270 g/mol. The van der Waals surface area contributed by atoms with Gasteiger partial charge in [-0.15, -0.1) is 0 Å². The Balaban J connectivity index is 2.04. The fourth-order valence-electron chi connectivity index (χ4n) is 2.77. The van der Waals surface area contributed by atoms with Gasteiger partial charge in [0.1, 0.15) is 5.69 Å². The maximum absolute atomic E-state index is 11.0. The van der Waals surface area contributed by atoms with Crippen LogP contribution >= 0.6 is 0 Å². The Morgan fingerprint density at radius 2 is 1.95 bits per heavy atom. The zero-order valence-electron chi connectivity index (χ0n) is 12.4. The summed E-state index contributed by atoms with van der Waals surface area (Å²) in [5, 5.41) is 11.0. The number of nitrogens with one attached hydrogen (secondary N) is 1. The number of nitrogens with zero attached hydrogens (tertiary/aromatic N) is 3. The summed E-state index contributed by atoms with van der Waals surface area (Å²) in [5.74, 6) is 5.47. The normalized spacial score (nSPS) is 16.9. The standard InChI is InChI=1S/C14H23N5O2/c1-2-6-17-7-9-18(10-8-17)11-12-4-3-5-13(19(20)21)14(12)16-15/h3-5,16H,2,6-11,15H2,1H3. The van der Waals surface area contributed by atoms with Crippen LogP contribution in [0.1, 0.15) is 18.9 Å². The first kappa shape index (κ1) is 15.7. The number of nitrogens with two attached hydrogens (primary N) is 1. The van der Waals surface area contributed by atoms with Crippen LogP contribution in [0.4, 0.5) is 11.4 Å². The van der Waals surface area contributed by atoms with Gasteiger partial charge in [-0.3, -0.25) is 20.9 Å². The number of piperazine rings is 1. The molecule has 1 saturated heterocycles. The molecule has 1 aliphatic heterocycles. The highest BCUT2D eigenvalue weighted by atomic mass is 16.6. The molecule has 1 heterocycles. The lowest BCUT2D eigenvalue weighted by molar-refractivity contribution is -0.384. The first-order chi connectivity index (χ1) is 10.2. The van der Waals surface area contributed by atoms with E-state index in [2.05, 4.69) is 22.1 Å². The Hall–Kier alpha value is -1.70. The molecule has 7 nitrogen and oxygen atoms in total. The van der Waals surface area contributed by atoms with Gasteiger partial charge in [-0.2, -0.15) is 0 Å². The van der Waals surface area contributed by atoms with Crippen molar-refractivity contribution in [1.29, 1.82) is 0 Å². The Kier molecular flexibility index (Phi) is 5.49. The monoisotopic (exact) mass is 293 g/mol. The summed E-state index contributed by atoms with van der Waals surface area (Å²) >= 11 is 0. The molecule has 0 aliphatic carbocycles. The Morgan fingerprint density at radius 3 is 2.52 bits per heavy atom. The Bertz CT molecular complexity index is 486. The minimum atomic E-state index is -0.405. The summed E-state index contributed by atoms with van der Waals surface area (Å²) in [7, 11) is 0. The smallest absolute Gasteiger partial charge is 0.293 e. The molecule has 1 fully saturated rings. The van der Waals surface area contributed by atoms with Crippen LogP contribution in [0.25, 0.3) is 0 Å². The van der Waals surface area contributed by atoms with Gasteiger partial charge in [0.25, 0.3) is 5.69 Å². The molecule has 0 aromatic heterocycles. The average Bonchev–Trinajstić information content (AvgIpc) is 2.49. The van der Waals surface area contributed by atoms with Gasteiger partial charge in [-0.25, -0.2) is 0 Å². The maximum Gasteiger partial charge on any atom is 0.293 e. The molecule has 0 bridgehead atoms. The SMILES string of the molecule is CCCN1CCN(Cc2cccc([N+](=O)[O-])c2NN)CC1. The molecule has 7 heteroatoms. The largest absolute Gasteiger partial charge is 0.318 e. The number of para-hydroxylation sites is 1. The van der Waals surface area contributed by atoms with E-state index in [-0.39, 0.29) is 5.69 Å².